The van der Waals surface area contributed by atoms with Crippen LogP contribution < -0.4 is 5.32 Å². The largest absolute Gasteiger partial charge is 0.364 e. The molecule has 2 saturated carbocycles. The molecule has 1 atom stereocenters. The van der Waals surface area contributed by atoms with Crippen LogP contribution in [0.4, 0.5) is 10.2 Å². The summed E-state index contributed by atoms with van der Waals surface area (Å²) >= 11 is 0. The molecule has 4 heteroatoms. The van der Waals surface area contributed by atoms with E-state index in [1.807, 2.05) is 6.07 Å². The summed E-state index contributed by atoms with van der Waals surface area (Å²) in [6.45, 7) is 0. The summed E-state index contributed by atoms with van der Waals surface area (Å²) in [4.78, 5) is 3.91. The Hall–Kier alpha value is -1.63. The lowest BCUT2D eigenvalue weighted by molar-refractivity contribution is 0.622. The highest BCUT2D eigenvalue weighted by atomic mass is 19.1. The second-order valence-electron chi connectivity index (χ2n) is 4.43. The van der Waals surface area contributed by atoms with Gasteiger partial charge in [0.15, 0.2) is 11.6 Å². The van der Waals surface area contributed by atoms with E-state index >= 15 is 0 Å². The van der Waals surface area contributed by atoms with Crippen molar-refractivity contribution in [2.45, 2.75) is 25.3 Å². The summed E-state index contributed by atoms with van der Waals surface area (Å²) in [5.41, 5.74) is 0.733. The van der Waals surface area contributed by atoms with Crippen LogP contribution in [-0.4, -0.2) is 11.0 Å². The van der Waals surface area contributed by atoms with Gasteiger partial charge in [-0.25, -0.2) is 9.37 Å². The van der Waals surface area contributed by atoms with E-state index in [1.54, 1.807) is 0 Å². The molecule has 0 unspecified atom stereocenters. The van der Waals surface area contributed by atoms with Gasteiger partial charge in [-0.1, -0.05) is 0 Å². The van der Waals surface area contributed by atoms with Gasteiger partial charge in [0.05, 0.1) is 5.56 Å². The lowest BCUT2D eigenvalue weighted by Crippen LogP contribution is -2.08. The van der Waals surface area contributed by atoms with Gasteiger partial charge >= 0.3 is 0 Å². The molecule has 3 rings (SSSR count). The molecule has 1 aromatic rings. The van der Waals surface area contributed by atoms with Crippen LogP contribution in [0, 0.1) is 22.6 Å². The first-order valence-electron chi connectivity index (χ1n) is 5.06. The first-order valence-corrected chi connectivity index (χ1v) is 5.06. The quantitative estimate of drug-likeness (QED) is 0.800. The maximum atomic E-state index is 13.4. The van der Waals surface area contributed by atoms with Crippen molar-refractivity contribution in [2.75, 3.05) is 5.32 Å². The molecular weight excluding hydrogens is 193 g/mol. The Balaban J connectivity index is 1.78. The summed E-state index contributed by atoms with van der Waals surface area (Å²) in [5.74, 6) is -0.153. The maximum absolute atomic E-state index is 13.4. The van der Waals surface area contributed by atoms with Crippen molar-refractivity contribution in [3.05, 3.63) is 23.6 Å². The molecule has 0 aromatic carbocycles. The van der Waals surface area contributed by atoms with Gasteiger partial charge in [-0.2, -0.15) is 5.26 Å². The van der Waals surface area contributed by atoms with Crippen LogP contribution in [0.25, 0.3) is 0 Å². The SMILES string of the molecule is N#Cc1cnc(N[C@H]2CC23CC3)c(F)c1. The Morgan fingerprint density at radius 1 is 1.60 bits per heavy atom. The summed E-state index contributed by atoms with van der Waals surface area (Å²) in [7, 11) is 0. The fourth-order valence-corrected chi connectivity index (χ4v) is 2.04. The van der Waals surface area contributed by atoms with Crippen LogP contribution in [0.5, 0.6) is 0 Å². The molecular formula is C11H10FN3. The molecule has 0 aliphatic heterocycles. The van der Waals surface area contributed by atoms with Gasteiger partial charge in [-0.05, 0) is 30.7 Å². The second kappa shape index (κ2) is 2.69. The number of hydrogen-bond acceptors (Lipinski definition) is 3. The fraction of sp³-hybridized carbons (Fsp3) is 0.455. The Morgan fingerprint density at radius 2 is 2.40 bits per heavy atom. The third-order valence-electron chi connectivity index (χ3n) is 3.36. The fourth-order valence-electron chi connectivity index (χ4n) is 2.04. The number of nitriles is 1. The van der Waals surface area contributed by atoms with Gasteiger partial charge in [0.2, 0.25) is 0 Å². The van der Waals surface area contributed by atoms with Crippen molar-refractivity contribution in [1.82, 2.24) is 4.98 Å². The van der Waals surface area contributed by atoms with Crippen LogP contribution in [0.3, 0.4) is 0 Å². The smallest absolute Gasteiger partial charge is 0.166 e. The standard InChI is InChI=1S/C11H10FN3/c12-8-3-7(5-13)6-14-10(8)15-9-4-11(9)1-2-11/h3,6,9H,1-2,4H2,(H,14,15)/t9-/m0/s1. The zero-order valence-corrected chi connectivity index (χ0v) is 8.13. The topological polar surface area (TPSA) is 48.7 Å². The molecule has 2 aliphatic rings. The molecule has 15 heavy (non-hydrogen) atoms. The van der Waals surface area contributed by atoms with Crippen molar-refractivity contribution in [2.24, 2.45) is 5.41 Å². The minimum Gasteiger partial charge on any atom is -0.364 e. The minimum absolute atomic E-state index is 0.259. The molecule has 0 amide bonds. The van der Waals surface area contributed by atoms with Crippen molar-refractivity contribution < 1.29 is 4.39 Å². The third kappa shape index (κ3) is 1.35. The number of nitrogens with one attached hydrogen (secondary N) is 1. The van der Waals surface area contributed by atoms with E-state index in [4.69, 9.17) is 5.26 Å². The third-order valence-corrected chi connectivity index (χ3v) is 3.36. The number of halogens is 1. The van der Waals surface area contributed by atoms with Gasteiger partial charge in [-0.15, -0.1) is 0 Å². The van der Waals surface area contributed by atoms with Crippen LogP contribution in [0.1, 0.15) is 24.8 Å². The van der Waals surface area contributed by atoms with Gasteiger partial charge in [0, 0.05) is 12.2 Å². The normalized spacial score (nSPS) is 24.7. The molecule has 0 bridgehead atoms. The Bertz CT molecular complexity index is 459. The van der Waals surface area contributed by atoms with E-state index in [2.05, 4.69) is 10.3 Å². The number of hydrogen-bond donors (Lipinski definition) is 1. The summed E-state index contributed by atoms with van der Waals surface area (Å²) < 4.78 is 13.4. The molecule has 1 spiro atoms. The average Bonchev–Trinajstić information content (AvgIpc) is 3.13. The predicted octanol–water partition coefficient (Wildman–Crippen LogP) is 2.06. The Kier molecular flexibility index (Phi) is 1.55. The molecule has 76 valence electrons. The van der Waals surface area contributed by atoms with Crippen LogP contribution in [0.15, 0.2) is 12.3 Å². The highest BCUT2D eigenvalue weighted by Gasteiger charge is 2.63. The molecule has 2 aliphatic carbocycles. The molecule has 3 nitrogen and oxygen atoms in total. The molecule has 1 heterocycles. The molecule has 2 fully saturated rings. The Labute approximate surface area is 86.9 Å². The van der Waals surface area contributed by atoms with Crippen LogP contribution in [-0.2, 0) is 0 Å². The highest BCUT2D eigenvalue weighted by molar-refractivity contribution is 5.44. The van der Waals surface area contributed by atoms with Gasteiger partial charge in [0.1, 0.15) is 6.07 Å². The van der Waals surface area contributed by atoms with Crippen molar-refractivity contribution >= 4 is 5.82 Å². The summed E-state index contributed by atoms with van der Waals surface area (Å²) in [6.07, 6.45) is 5.03. The Morgan fingerprint density at radius 3 is 2.93 bits per heavy atom. The molecule has 1 aromatic heterocycles. The average molecular weight is 203 g/mol. The van der Waals surface area contributed by atoms with Crippen molar-refractivity contribution in [3.63, 3.8) is 0 Å². The van der Waals surface area contributed by atoms with Crippen molar-refractivity contribution in [1.29, 1.82) is 5.26 Å². The van der Waals surface area contributed by atoms with E-state index in [1.165, 1.54) is 25.1 Å². The predicted molar refractivity (Wildman–Crippen MR) is 52.6 cm³/mol. The number of aromatic nitrogens is 1. The van der Waals surface area contributed by atoms with Crippen molar-refractivity contribution in [3.8, 4) is 6.07 Å². The maximum Gasteiger partial charge on any atom is 0.166 e. The summed E-state index contributed by atoms with van der Waals surface area (Å²) in [6, 6.07) is 3.48. The lowest BCUT2D eigenvalue weighted by Gasteiger charge is -2.05. The van der Waals surface area contributed by atoms with E-state index < -0.39 is 5.82 Å². The molecule has 0 saturated heterocycles. The first-order chi connectivity index (χ1) is 7.23. The van der Waals surface area contributed by atoms with E-state index in [-0.39, 0.29) is 11.4 Å². The zero-order chi connectivity index (χ0) is 10.5. The first kappa shape index (κ1) is 8.66. The van der Waals surface area contributed by atoms with Gasteiger partial charge in [0.25, 0.3) is 0 Å². The second-order valence-corrected chi connectivity index (χ2v) is 4.43. The number of rotatable bonds is 2. The van der Waals surface area contributed by atoms with E-state index in [0.717, 1.165) is 6.42 Å². The number of anilines is 1. The minimum atomic E-state index is -0.434. The molecule has 0 radical (unpaired) electrons. The monoisotopic (exact) mass is 203 g/mol. The zero-order valence-electron chi connectivity index (χ0n) is 8.13. The van der Waals surface area contributed by atoms with Crippen LogP contribution in [0.2, 0.25) is 0 Å². The summed E-state index contributed by atoms with van der Waals surface area (Å²) in [5, 5.41) is 11.7. The highest BCUT2D eigenvalue weighted by Crippen LogP contribution is 2.66. The van der Waals surface area contributed by atoms with Gasteiger partial charge in [-0.3, -0.25) is 0 Å². The number of pyridine rings is 1. The number of nitrogens with zero attached hydrogens (tertiary/aromatic N) is 2. The van der Waals surface area contributed by atoms with Gasteiger partial charge < -0.3 is 5.32 Å². The van der Waals surface area contributed by atoms with Crippen LogP contribution >= 0.6 is 0 Å². The van der Waals surface area contributed by atoms with E-state index in [9.17, 15) is 4.39 Å². The van der Waals surface area contributed by atoms with E-state index in [0.29, 0.717) is 11.5 Å². The lowest BCUT2D eigenvalue weighted by atomic mass is 10.3. The molecule has 1 N–H and O–H groups in total.